The Hall–Kier alpha value is -0.780. The molecule has 0 saturated heterocycles. The van der Waals surface area contributed by atoms with Gasteiger partial charge >= 0.3 is 0 Å². The lowest BCUT2D eigenvalue weighted by Crippen LogP contribution is -2.27. The zero-order valence-corrected chi connectivity index (χ0v) is 16.8. The molecule has 0 amide bonds. The molecule has 0 aliphatic heterocycles. The van der Waals surface area contributed by atoms with Gasteiger partial charge in [0.15, 0.2) is 0 Å². The topological polar surface area (TPSA) is 49.7 Å². The maximum Gasteiger partial charge on any atom is 0.121 e. The molecule has 2 N–H and O–H groups in total. The van der Waals surface area contributed by atoms with Crippen molar-refractivity contribution in [2.45, 2.75) is 43.8 Å². The second-order valence-corrected chi connectivity index (χ2v) is 8.91. The minimum Gasteiger partial charge on any atom is -0.493 e. The fourth-order valence-corrected chi connectivity index (χ4v) is 5.21. The standard InChI is InChI=1S/C20H24Cl2O3S/c21-14-7-13(11-23)8-15(9-14)25-12-18-17(19(22)10-20(18)24)5-1-3-16-4-2-6-26-16/h2,4,6-9,17-20,23-24H,1,3,5,10-12H2/t17-,18-,19-,20-/m1/s1. The van der Waals surface area contributed by atoms with Crippen LogP contribution >= 0.6 is 34.5 Å². The number of hydrogen-bond acceptors (Lipinski definition) is 4. The summed E-state index contributed by atoms with van der Waals surface area (Å²) in [6.07, 6.45) is 3.25. The van der Waals surface area contributed by atoms with Gasteiger partial charge in [-0.3, -0.25) is 0 Å². The van der Waals surface area contributed by atoms with E-state index in [2.05, 4.69) is 17.5 Å². The second-order valence-electron chi connectivity index (χ2n) is 6.88. The predicted octanol–water partition coefficient (Wildman–Crippen LogP) is 4.90. The molecule has 26 heavy (non-hydrogen) atoms. The minimum atomic E-state index is -0.444. The van der Waals surface area contributed by atoms with Crippen LogP contribution in [0, 0.1) is 11.8 Å². The van der Waals surface area contributed by atoms with E-state index in [4.69, 9.17) is 27.9 Å². The highest BCUT2D eigenvalue weighted by Crippen LogP contribution is 2.39. The molecule has 0 radical (unpaired) electrons. The molecule has 4 atom stereocenters. The molecule has 2 aromatic rings. The van der Waals surface area contributed by atoms with Crippen LogP contribution in [0.25, 0.3) is 0 Å². The van der Waals surface area contributed by atoms with Crippen molar-refractivity contribution in [3.63, 3.8) is 0 Å². The third kappa shape index (κ3) is 5.14. The van der Waals surface area contributed by atoms with Crippen LogP contribution in [0.4, 0.5) is 0 Å². The average molecular weight is 415 g/mol. The van der Waals surface area contributed by atoms with Gasteiger partial charge in [0, 0.05) is 21.2 Å². The molecule has 3 nitrogen and oxygen atoms in total. The number of aliphatic hydroxyl groups is 2. The van der Waals surface area contributed by atoms with E-state index in [1.165, 1.54) is 4.88 Å². The van der Waals surface area contributed by atoms with Gasteiger partial charge in [-0.05, 0) is 66.8 Å². The van der Waals surface area contributed by atoms with E-state index in [0.717, 1.165) is 19.3 Å². The molecule has 1 saturated carbocycles. The number of aliphatic hydroxyl groups excluding tert-OH is 2. The lowest BCUT2D eigenvalue weighted by atomic mass is 9.90. The van der Waals surface area contributed by atoms with Crippen LogP contribution in [-0.4, -0.2) is 28.3 Å². The number of hydrogen-bond donors (Lipinski definition) is 2. The van der Waals surface area contributed by atoms with Crippen molar-refractivity contribution in [1.29, 1.82) is 0 Å². The molecule has 1 aliphatic carbocycles. The highest BCUT2D eigenvalue weighted by atomic mass is 35.5. The zero-order chi connectivity index (χ0) is 18.5. The van der Waals surface area contributed by atoms with Gasteiger partial charge in [0.1, 0.15) is 5.75 Å². The van der Waals surface area contributed by atoms with Gasteiger partial charge in [-0.25, -0.2) is 0 Å². The number of alkyl halides is 1. The summed E-state index contributed by atoms with van der Waals surface area (Å²) in [5.41, 5.74) is 0.710. The van der Waals surface area contributed by atoms with Gasteiger partial charge in [-0.2, -0.15) is 0 Å². The van der Waals surface area contributed by atoms with E-state index in [9.17, 15) is 10.2 Å². The molecule has 6 heteroatoms. The first-order chi connectivity index (χ1) is 12.6. The number of rotatable bonds is 8. The predicted molar refractivity (Wildman–Crippen MR) is 107 cm³/mol. The van der Waals surface area contributed by atoms with E-state index in [1.807, 2.05) is 0 Å². The lowest BCUT2D eigenvalue weighted by molar-refractivity contribution is 0.0780. The van der Waals surface area contributed by atoms with Crippen LogP contribution in [0.15, 0.2) is 35.7 Å². The molecule has 142 valence electrons. The molecule has 1 aromatic heterocycles. The van der Waals surface area contributed by atoms with Crippen LogP contribution in [-0.2, 0) is 13.0 Å². The summed E-state index contributed by atoms with van der Waals surface area (Å²) in [6.45, 7) is 0.317. The molecule has 1 fully saturated rings. The number of benzene rings is 1. The second kappa shape index (κ2) is 9.43. The Morgan fingerprint density at radius 2 is 2.08 bits per heavy atom. The van der Waals surface area contributed by atoms with Crippen LogP contribution < -0.4 is 4.74 Å². The molecule has 1 aromatic carbocycles. The molecule has 0 unspecified atom stereocenters. The molecule has 1 aliphatic rings. The van der Waals surface area contributed by atoms with Crippen molar-refractivity contribution in [2.75, 3.05) is 6.61 Å². The Labute approximate surface area is 168 Å². The highest BCUT2D eigenvalue weighted by Gasteiger charge is 2.41. The van der Waals surface area contributed by atoms with E-state index in [-0.39, 0.29) is 23.8 Å². The lowest BCUT2D eigenvalue weighted by Gasteiger charge is -2.23. The van der Waals surface area contributed by atoms with Crippen molar-refractivity contribution in [3.8, 4) is 5.75 Å². The van der Waals surface area contributed by atoms with Crippen LogP contribution in [0.3, 0.4) is 0 Å². The summed E-state index contributed by atoms with van der Waals surface area (Å²) in [5.74, 6) is 0.865. The number of ether oxygens (including phenoxy) is 1. The maximum absolute atomic E-state index is 10.4. The van der Waals surface area contributed by atoms with E-state index in [1.54, 1.807) is 29.5 Å². The fraction of sp³-hybridized carbons (Fsp3) is 0.500. The Kier molecular flexibility index (Phi) is 7.24. The molecule has 1 heterocycles. The van der Waals surface area contributed by atoms with Gasteiger partial charge in [-0.1, -0.05) is 17.7 Å². The Morgan fingerprint density at radius 3 is 2.81 bits per heavy atom. The van der Waals surface area contributed by atoms with Gasteiger partial charge in [0.25, 0.3) is 0 Å². The van der Waals surface area contributed by atoms with Crippen molar-refractivity contribution < 1.29 is 14.9 Å². The van der Waals surface area contributed by atoms with E-state index < -0.39 is 6.10 Å². The van der Waals surface area contributed by atoms with Crippen LogP contribution in [0.2, 0.25) is 5.02 Å². The van der Waals surface area contributed by atoms with Gasteiger partial charge in [0.2, 0.25) is 0 Å². The zero-order valence-electron chi connectivity index (χ0n) is 14.5. The number of thiophene rings is 1. The van der Waals surface area contributed by atoms with E-state index in [0.29, 0.717) is 29.4 Å². The highest BCUT2D eigenvalue weighted by molar-refractivity contribution is 7.09. The smallest absolute Gasteiger partial charge is 0.121 e. The van der Waals surface area contributed by atoms with Crippen LogP contribution in [0.1, 0.15) is 29.7 Å². The molecule has 0 bridgehead atoms. The monoisotopic (exact) mass is 414 g/mol. The number of halogens is 2. The molecular weight excluding hydrogens is 391 g/mol. The summed E-state index contributed by atoms with van der Waals surface area (Å²) >= 11 is 14.4. The largest absolute Gasteiger partial charge is 0.493 e. The van der Waals surface area contributed by atoms with Crippen molar-refractivity contribution >= 4 is 34.5 Å². The minimum absolute atomic E-state index is 0.0115. The Bertz CT molecular complexity index is 692. The third-order valence-corrected chi connectivity index (χ3v) is 6.73. The summed E-state index contributed by atoms with van der Waals surface area (Å²) in [6, 6.07) is 9.45. The van der Waals surface area contributed by atoms with Crippen molar-refractivity contribution in [1.82, 2.24) is 0 Å². The van der Waals surface area contributed by atoms with Crippen LogP contribution in [0.5, 0.6) is 5.75 Å². The summed E-state index contributed by atoms with van der Waals surface area (Å²) in [7, 11) is 0. The number of aryl methyl sites for hydroxylation is 1. The maximum atomic E-state index is 10.4. The van der Waals surface area contributed by atoms with Gasteiger partial charge in [-0.15, -0.1) is 22.9 Å². The van der Waals surface area contributed by atoms with E-state index >= 15 is 0 Å². The third-order valence-electron chi connectivity index (χ3n) is 5.07. The first kappa shape index (κ1) is 20.0. The van der Waals surface area contributed by atoms with Gasteiger partial charge in [0.05, 0.1) is 19.3 Å². The molecule has 0 spiro atoms. The first-order valence-electron chi connectivity index (χ1n) is 8.94. The first-order valence-corrected chi connectivity index (χ1v) is 10.6. The molecular formula is C20H24Cl2O3S. The average Bonchev–Trinajstić information content (AvgIpc) is 3.21. The summed E-state index contributed by atoms with van der Waals surface area (Å²) < 4.78 is 5.90. The fourth-order valence-electron chi connectivity index (χ4n) is 3.72. The summed E-state index contributed by atoms with van der Waals surface area (Å²) in [5, 5.41) is 22.3. The Balaban J connectivity index is 1.58. The normalized spacial score (nSPS) is 25.5. The SMILES string of the molecule is OCc1cc(Cl)cc(OC[C@@H]2[C@@H](CCCc3cccs3)[C@H](Cl)C[C@H]2O)c1. The quantitative estimate of drug-likeness (QED) is 0.603. The van der Waals surface area contributed by atoms with Gasteiger partial charge < -0.3 is 14.9 Å². The molecule has 3 rings (SSSR count). The van der Waals surface area contributed by atoms with Crippen molar-refractivity contribution in [2.24, 2.45) is 11.8 Å². The summed E-state index contributed by atoms with van der Waals surface area (Å²) in [4.78, 5) is 1.39. The Morgan fingerprint density at radius 1 is 1.23 bits per heavy atom. The van der Waals surface area contributed by atoms with Crippen molar-refractivity contribution in [3.05, 3.63) is 51.2 Å².